The minimum absolute atomic E-state index is 0.197. The molecule has 0 heterocycles. The second kappa shape index (κ2) is 4.41. The summed E-state index contributed by atoms with van der Waals surface area (Å²) >= 11 is 0. The Labute approximate surface area is 83.9 Å². The number of nitrogens with zero attached hydrogens (tertiary/aromatic N) is 1. The van der Waals surface area contributed by atoms with Crippen LogP contribution in [0, 0.1) is 5.41 Å². The summed E-state index contributed by atoms with van der Waals surface area (Å²) in [5, 5.41) is 8.71. The van der Waals surface area contributed by atoms with Crippen LogP contribution in [0.1, 0.15) is 20.8 Å². The lowest BCUT2D eigenvalue weighted by Crippen LogP contribution is -2.48. The van der Waals surface area contributed by atoms with Gasteiger partial charge in [0.2, 0.25) is 5.91 Å². The standard InChI is InChI=1S/C9H18N2O3/c1-6(7(12)13)11(4)8(14)9(2,3)5-10/h6H,5,10H2,1-4H3,(H,12,13). The number of carbonyl (C=O) groups excluding carboxylic acids is 1. The third kappa shape index (κ3) is 2.70. The number of carboxylic acids is 1. The van der Waals surface area contributed by atoms with E-state index in [2.05, 4.69) is 0 Å². The van der Waals surface area contributed by atoms with Crippen molar-refractivity contribution in [3.63, 3.8) is 0 Å². The number of amides is 1. The van der Waals surface area contributed by atoms with E-state index in [1.807, 2.05) is 0 Å². The zero-order valence-corrected chi connectivity index (χ0v) is 9.07. The Hall–Kier alpha value is -1.10. The van der Waals surface area contributed by atoms with Crippen molar-refractivity contribution in [2.45, 2.75) is 26.8 Å². The van der Waals surface area contributed by atoms with Crippen LogP contribution in [0.15, 0.2) is 0 Å². The molecule has 14 heavy (non-hydrogen) atoms. The summed E-state index contributed by atoms with van der Waals surface area (Å²) in [4.78, 5) is 23.6. The molecule has 0 radical (unpaired) electrons. The van der Waals surface area contributed by atoms with Crippen molar-refractivity contribution in [2.75, 3.05) is 13.6 Å². The van der Waals surface area contributed by atoms with Gasteiger partial charge in [-0.1, -0.05) is 0 Å². The first-order valence-electron chi connectivity index (χ1n) is 4.44. The third-order valence-corrected chi connectivity index (χ3v) is 2.35. The fourth-order valence-corrected chi connectivity index (χ4v) is 0.906. The second-order valence-electron chi connectivity index (χ2n) is 4.02. The van der Waals surface area contributed by atoms with Gasteiger partial charge in [0.15, 0.2) is 0 Å². The molecular formula is C9H18N2O3. The number of nitrogens with two attached hydrogens (primary N) is 1. The number of likely N-dealkylation sites (N-methyl/N-ethyl adjacent to an activating group) is 1. The molecule has 5 heteroatoms. The van der Waals surface area contributed by atoms with Crippen LogP contribution in [0.3, 0.4) is 0 Å². The Morgan fingerprint density at radius 2 is 1.93 bits per heavy atom. The highest BCUT2D eigenvalue weighted by Crippen LogP contribution is 2.17. The fourth-order valence-electron chi connectivity index (χ4n) is 0.906. The van der Waals surface area contributed by atoms with Crippen LogP contribution in [0.5, 0.6) is 0 Å². The molecule has 3 N–H and O–H groups in total. The molecule has 82 valence electrons. The van der Waals surface area contributed by atoms with Crippen LogP contribution in [-0.4, -0.2) is 41.5 Å². The van der Waals surface area contributed by atoms with E-state index in [-0.39, 0.29) is 12.5 Å². The highest BCUT2D eigenvalue weighted by Gasteiger charge is 2.32. The Balaban J connectivity index is 4.63. The van der Waals surface area contributed by atoms with E-state index in [1.165, 1.54) is 18.9 Å². The molecule has 0 saturated heterocycles. The van der Waals surface area contributed by atoms with Gasteiger partial charge in [0, 0.05) is 13.6 Å². The third-order valence-electron chi connectivity index (χ3n) is 2.35. The molecule has 0 aromatic rings. The van der Waals surface area contributed by atoms with E-state index >= 15 is 0 Å². The number of aliphatic carboxylic acids is 1. The van der Waals surface area contributed by atoms with Crippen LogP contribution in [0.4, 0.5) is 0 Å². The average Bonchev–Trinajstić information content (AvgIpc) is 2.14. The molecule has 1 amide bonds. The van der Waals surface area contributed by atoms with Crippen LogP contribution in [0.25, 0.3) is 0 Å². The molecule has 0 fully saturated rings. The monoisotopic (exact) mass is 202 g/mol. The second-order valence-corrected chi connectivity index (χ2v) is 4.02. The number of carboxylic acid groups (broad SMARTS) is 1. The molecule has 0 saturated carbocycles. The van der Waals surface area contributed by atoms with Gasteiger partial charge >= 0.3 is 5.97 Å². The maximum atomic E-state index is 11.7. The van der Waals surface area contributed by atoms with Crippen molar-refractivity contribution in [1.82, 2.24) is 4.90 Å². The molecule has 0 rings (SSSR count). The van der Waals surface area contributed by atoms with E-state index in [0.29, 0.717) is 0 Å². The largest absolute Gasteiger partial charge is 0.480 e. The summed E-state index contributed by atoms with van der Waals surface area (Å²) < 4.78 is 0. The lowest BCUT2D eigenvalue weighted by molar-refractivity contribution is -0.151. The summed E-state index contributed by atoms with van der Waals surface area (Å²) in [5.74, 6) is -1.27. The predicted octanol–water partition coefficient (Wildman–Crippen LogP) is -0.0972. The quantitative estimate of drug-likeness (QED) is 0.667. The van der Waals surface area contributed by atoms with E-state index in [1.54, 1.807) is 13.8 Å². The topological polar surface area (TPSA) is 83.6 Å². The summed E-state index contributed by atoms with van der Waals surface area (Å²) in [5.41, 5.74) is 4.72. The molecule has 0 aromatic carbocycles. The zero-order valence-electron chi connectivity index (χ0n) is 9.07. The van der Waals surface area contributed by atoms with Crippen molar-refractivity contribution >= 4 is 11.9 Å². The average molecular weight is 202 g/mol. The first-order chi connectivity index (χ1) is 6.24. The molecule has 1 atom stereocenters. The molecule has 0 aromatic heterocycles. The van der Waals surface area contributed by atoms with Gasteiger partial charge in [-0.3, -0.25) is 4.79 Å². The van der Waals surface area contributed by atoms with Crippen molar-refractivity contribution in [1.29, 1.82) is 0 Å². The minimum Gasteiger partial charge on any atom is -0.480 e. The maximum Gasteiger partial charge on any atom is 0.326 e. The number of rotatable bonds is 4. The Morgan fingerprint density at radius 1 is 1.50 bits per heavy atom. The molecule has 5 nitrogen and oxygen atoms in total. The molecule has 1 unspecified atom stereocenters. The van der Waals surface area contributed by atoms with Gasteiger partial charge in [-0.15, -0.1) is 0 Å². The summed E-state index contributed by atoms with van der Waals surface area (Å²) in [6.07, 6.45) is 0. The minimum atomic E-state index is -1.02. The van der Waals surface area contributed by atoms with Crippen LogP contribution in [0.2, 0.25) is 0 Å². The van der Waals surface area contributed by atoms with E-state index < -0.39 is 17.4 Å². The zero-order chi connectivity index (χ0) is 11.5. The molecule has 0 spiro atoms. The Kier molecular flexibility index (Phi) is 4.07. The summed E-state index contributed by atoms with van der Waals surface area (Å²) in [6.45, 7) is 5.05. The lowest BCUT2D eigenvalue weighted by Gasteiger charge is -2.30. The highest BCUT2D eigenvalue weighted by molar-refractivity contribution is 5.86. The number of carbonyl (C=O) groups is 2. The molecule has 0 aliphatic carbocycles. The molecular weight excluding hydrogens is 184 g/mol. The van der Waals surface area contributed by atoms with Gasteiger partial charge in [-0.05, 0) is 20.8 Å². The van der Waals surface area contributed by atoms with Crippen LogP contribution >= 0.6 is 0 Å². The normalized spacial score (nSPS) is 13.5. The number of hydrogen-bond acceptors (Lipinski definition) is 3. The van der Waals surface area contributed by atoms with Gasteiger partial charge < -0.3 is 15.7 Å². The van der Waals surface area contributed by atoms with Crippen LogP contribution < -0.4 is 5.73 Å². The molecule has 0 aliphatic heterocycles. The van der Waals surface area contributed by atoms with Gasteiger partial charge in [-0.25, -0.2) is 4.79 Å². The molecule has 0 bridgehead atoms. The van der Waals surface area contributed by atoms with Gasteiger partial charge in [0.25, 0.3) is 0 Å². The smallest absolute Gasteiger partial charge is 0.326 e. The maximum absolute atomic E-state index is 11.7. The Morgan fingerprint density at radius 3 is 2.21 bits per heavy atom. The SMILES string of the molecule is CC(C(=O)O)N(C)C(=O)C(C)(C)CN. The Bertz CT molecular complexity index is 238. The first kappa shape index (κ1) is 12.9. The van der Waals surface area contributed by atoms with Crippen molar-refractivity contribution in [3.8, 4) is 0 Å². The summed E-state index contributed by atoms with van der Waals surface area (Å²) in [7, 11) is 1.47. The van der Waals surface area contributed by atoms with Gasteiger partial charge in [0.05, 0.1) is 5.41 Å². The van der Waals surface area contributed by atoms with E-state index in [0.717, 1.165) is 0 Å². The van der Waals surface area contributed by atoms with Gasteiger partial charge in [-0.2, -0.15) is 0 Å². The van der Waals surface area contributed by atoms with Crippen molar-refractivity contribution < 1.29 is 14.7 Å². The van der Waals surface area contributed by atoms with Crippen molar-refractivity contribution in [2.24, 2.45) is 11.1 Å². The lowest BCUT2D eigenvalue weighted by atomic mass is 9.91. The van der Waals surface area contributed by atoms with Crippen LogP contribution in [-0.2, 0) is 9.59 Å². The highest BCUT2D eigenvalue weighted by atomic mass is 16.4. The summed E-state index contributed by atoms with van der Waals surface area (Å²) in [6, 6.07) is -0.826. The first-order valence-corrected chi connectivity index (χ1v) is 4.44. The predicted molar refractivity (Wildman–Crippen MR) is 52.7 cm³/mol. The molecule has 0 aliphatic rings. The fraction of sp³-hybridized carbons (Fsp3) is 0.778. The van der Waals surface area contributed by atoms with E-state index in [4.69, 9.17) is 10.8 Å². The number of hydrogen-bond donors (Lipinski definition) is 2. The van der Waals surface area contributed by atoms with E-state index in [9.17, 15) is 9.59 Å². The van der Waals surface area contributed by atoms with Crippen molar-refractivity contribution in [3.05, 3.63) is 0 Å². The van der Waals surface area contributed by atoms with Gasteiger partial charge in [0.1, 0.15) is 6.04 Å².